The third kappa shape index (κ3) is 50.0. The molecule has 1 radical (unpaired) electrons. The molecule has 2 fully saturated rings. The Morgan fingerprint density at radius 2 is 0.242 bits per heavy atom. The fourth-order valence-corrected chi connectivity index (χ4v) is 6.34. The fraction of sp³-hybridized carbons (Fsp3) is 0.571. The summed E-state index contributed by atoms with van der Waals surface area (Å²) in [4.78, 5) is 0. The van der Waals surface area contributed by atoms with Crippen molar-refractivity contribution in [3.8, 4) is 23.0 Å². The van der Waals surface area contributed by atoms with Crippen LogP contribution in [0.3, 0.4) is 0 Å². The first-order valence-electron chi connectivity index (χ1n) is 27.2. The second-order valence-electron chi connectivity index (χ2n) is 18.3. The van der Waals surface area contributed by atoms with Crippen molar-refractivity contribution in [3.05, 3.63) is 117 Å². The van der Waals surface area contributed by atoms with Crippen LogP contribution in [0.2, 0.25) is 0 Å². The Morgan fingerprint density at radius 3 is 0.303 bits per heavy atom. The maximum atomic E-state index is 12.0. The molecule has 0 N–H and O–H groups in total. The molecule has 0 saturated carbocycles. The molecule has 0 unspecified atom stereocenters. The average Bonchev–Trinajstić information content (AvgIpc) is 0.841. The number of hydrogen-bond acceptors (Lipinski definition) is 16. The summed E-state index contributed by atoms with van der Waals surface area (Å²) >= 11 is 0. The molecule has 43 heteroatoms. The van der Waals surface area contributed by atoms with Crippen LogP contribution in [-0.2, 0) is 123 Å². The smallest absolute Gasteiger partial charge is 0.872 e. The topological polar surface area (TPSA) is 203 Å². The third-order valence-corrected chi connectivity index (χ3v) is 10.7. The van der Waals surface area contributed by atoms with Gasteiger partial charge in [-0.25, -0.2) is 0 Å². The van der Waals surface area contributed by atoms with E-state index >= 15 is 0 Å². The predicted molar refractivity (Wildman–Crippen MR) is 273 cm³/mol. The van der Waals surface area contributed by atoms with Gasteiger partial charge in [-0.3, -0.25) is 0 Å². The van der Waals surface area contributed by atoms with E-state index in [0.29, 0.717) is 159 Å². The molecule has 16 nitrogen and oxygen atoms in total. The summed E-state index contributed by atoms with van der Waals surface area (Å²) in [5.74, 6) is -5.29. The number of ether oxygens (including phenoxy) is 12. The van der Waals surface area contributed by atoms with Gasteiger partial charge in [0.2, 0.25) is 0 Å². The second-order valence-corrected chi connectivity index (χ2v) is 18.3. The molecule has 2 heterocycles. The number of rotatable bonds is 0. The van der Waals surface area contributed by atoms with Gasteiger partial charge in [0.25, 0.3) is 0 Å². The molecule has 0 aromatic heterocycles. The van der Waals surface area contributed by atoms with Gasteiger partial charge in [0.1, 0.15) is 0 Å². The molecule has 2 saturated heterocycles. The van der Waals surface area contributed by atoms with E-state index in [-0.39, 0.29) is 193 Å². The van der Waals surface area contributed by atoms with Gasteiger partial charge in [0.15, 0.2) is 0 Å². The molecule has 2 aliphatic rings. The zero-order valence-electron chi connectivity index (χ0n) is 51.8. The van der Waals surface area contributed by atoms with Crippen molar-refractivity contribution < 1.29 is 302 Å². The maximum Gasteiger partial charge on any atom is 2.00 e. The number of hydrogen-bond donors (Lipinski definition) is 0. The molecule has 0 bridgehead atoms. The van der Waals surface area contributed by atoms with Crippen molar-refractivity contribution in [3.63, 3.8) is 0 Å². The van der Waals surface area contributed by atoms with E-state index in [9.17, 15) is 126 Å². The molecule has 2 aliphatic heterocycles. The predicted octanol–water partition coefficient (Wildman–Crippen LogP) is 5.40. The summed E-state index contributed by atoms with van der Waals surface area (Å²) in [6.07, 6.45) is -39.7. The summed E-state index contributed by atoms with van der Waals surface area (Å²) < 4.78 is 353. The minimum absolute atomic E-state index is 0. The van der Waals surface area contributed by atoms with E-state index in [1.54, 1.807) is 0 Å². The summed E-state index contributed by atoms with van der Waals surface area (Å²) in [6.45, 7) is 14.1. The maximum absolute atomic E-state index is 12.0. The molecule has 561 valence electrons. The molecule has 6 rings (SSSR count). The van der Waals surface area contributed by atoms with E-state index in [1.807, 2.05) is 0 Å². The van der Waals surface area contributed by atoms with Crippen molar-refractivity contribution in [2.24, 2.45) is 0 Å². The molecule has 99 heavy (non-hydrogen) atoms. The minimum atomic E-state index is -4.96. The molecule has 4 aromatic rings. The Hall–Kier alpha value is -2.29. The summed E-state index contributed by atoms with van der Waals surface area (Å²) in [7, 11) is 0. The van der Waals surface area contributed by atoms with Crippen LogP contribution in [0, 0.1) is 0 Å². The van der Waals surface area contributed by atoms with Crippen LogP contribution in [0.1, 0.15) is 44.5 Å². The minimum Gasteiger partial charge on any atom is -0.872 e. The van der Waals surface area contributed by atoms with E-state index < -0.39 is 117 Å². The molecule has 4 aromatic carbocycles. The SMILES string of the molecule is C1COCCOCCOCCOCCOCCO1.C1COCCOCCOCCOCCOCCO1.[Cu+2].[K+].[K+].[O-]c1cc(C(F)(F)F)cc(C(F)(F)F)c1.[O-]c1cc(C(F)(F)F)cc(C(F)(F)F)c1.[O-]c1cc(C(F)(F)F)cc(C(F)(F)F)c1.[O-]c1cc(C(F)(F)F)cc(C(F)(F)F)c1. The monoisotopic (exact) mass is 1590 g/mol. The standard InChI is InChI=1S/2C12H24O6.4C8H4F6O.Cu.2K/c2*1-2-14-5-6-16-9-10-18-12-11-17-8-7-15-4-3-13-1;4*9-7(10,11)4-1-5(8(12,13)14)3-6(15)2-4;;;/h2*1-12H2;4*1-3,15H;;;/q;;;;;;+2;2*+1/p-4. The normalized spacial score (nSPS) is 16.6. The largest absolute Gasteiger partial charge is 2.00 e. The molecule has 0 atom stereocenters. The van der Waals surface area contributed by atoms with Crippen molar-refractivity contribution >= 4 is 0 Å². The Kier molecular flexibility index (Phi) is 52.0. The average molecular weight is 1590 g/mol. The van der Waals surface area contributed by atoms with Gasteiger partial charge in [0, 0.05) is 0 Å². The number of halogens is 24. The molecular weight excluding hydrogens is 1530 g/mol. The van der Waals surface area contributed by atoms with Crippen molar-refractivity contribution in [1.29, 1.82) is 0 Å². The molecule has 0 aliphatic carbocycles. The summed E-state index contributed by atoms with van der Waals surface area (Å²) in [6, 6.07) is 0.579. The zero-order valence-corrected chi connectivity index (χ0v) is 59.0. The van der Waals surface area contributed by atoms with Crippen LogP contribution in [0.15, 0.2) is 72.8 Å². The number of alkyl halides is 24. The van der Waals surface area contributed by atoms with Crippen LogP contribution >= 0.6 is 0 Å². The first-order valence-corrected chi connectivity index (χ1v) is 27.2. The van der Waals surface area contributed by atoms with Gasteiger partial charge in [-0.1, -0.05) is 48.5 Å². The Bertz CT molecular complexity index is 2150. The molecule has 0 spiro atoms. The van der Waals surface area contributed by atoms with Gasteiger partial charge in [-0.2, -0.15) is 105 Å². The van der Waals surface area contributed by atoms with Crippen LogP contribution in [0.5, 0.6) is 23.0 Å². The van der Waals surface area contributed by atoms with Crippen molar-refractivity contribution in [2.45, 2.75) is 49.4 Å². The van der Waals surface area contributed by atoms with Gasteiger partial charge in [-0.15, -0.1) is 23.0 Å². The second kappa shape index (κ2) is 51.0. The number of benzene rings is 4. The van der Waals surface area contributed by atoms with Crippen LogP contribution in [-0.4, -0.2) is 159 Å². The van der Waals surface area contributed by atoms with Gasteiger partial charge < -0.3 is 77.3 Å². The molecule has 0 amide bonds. The quantitative estimate of drug-likeness (QED) is 0.160. The van der Waals surface area contributed by atoms with E-state index in [2.05, 4.69) is 0 Å². The van der Waals surface area contributed by atoms with Gasteiger partial charge >= 0.3 is 169 Å². The van der Waals surface area contributed by atoms with Gasteiger partial charge in [-0.05, 0) is 24.3 Å². The summed E-state index contributed by atoms with van der Waals surface area (Å²) in [5, 5.41) is 42.4. The summed E-state index contributed by atoms with van der Waals surface area (Å²) in [5.41, 5.74) is -12.8. The van der Waals surface area contributed by atoms with Crippen LogP contribution in [0.25, 0.3) is 0 Å². The van der Waals surface area contributed by atoms with Crippen molar-refractivity contribution in [2.75, 3.05) is 159 Å². The zero-order chi connectivity index (χ0) is 72.9. The van der Waals surface area contributed by atoms with E-state index in [4.69, 9.17) is 56.8 Å². The first-order chi connectivity index (χ1) is 44.4. The van der Waals surface area contributed by atoms with Crippen LogP contribution < -0.4 is 123 Å². The third-order valence-electron chi connectivity index (χ3n) is 10.7. The Labute approximate surface area is 644 Å². The Morgan fingerprint density at radius 1 is 0.172 bits per heavy atom. The van der Waals surface area contributed by atoms with E-state index in [1.165, 1.54) is 0 Å². The van der Waals surface area contributed by atoms with E-state index in [0.717, 1.165) is 0 Å². The first kappa shape index (κ1) is 101. The van der Waals surface area contributed by atoms with Crippen molar-refractivity contribution in [1.82, 2.24) is 0 Å². The fourth-order valence-electron chi connectivity index (χ4n) is 6.34. The van der Waals surface area contributed by atoms with Gasteiger partial charge in [0.05, 0.1) is 203 Å². The molecular formula is C56H60CuF24K2O16. The Balaban J connectivity index is -0.00000111. The van der Waals surface area contributed by atoms with Crippen LogP contribution in [0.4, 0.5) is 105 Å².